The normalized spacial score (nSPS) is 21.4. The van der Waals surface area contributed by atoms with Crippen molar-refractivity contribution in [3.63, 3.8) is 0 Å². The number of methoxy groups -OCH3 is 1. The second-order valence-corrected chi connectivity index (χ2v) is 13.0. The number of thiazole rings is 1. The first-order valence-corrected chi connectivity index (χ1v) is 16.5. The van der Waals surface area contributed by atoms with Crippen LogP contribution >= 0.6 is 22.9 Å². The first-order chi connectivity index (χ1) is 22.7. The molecule has 0 unspecified atom stereocenters. The minimum atomic E-state index is -0.862. The number of amidine groups is 1. The summed E-state index contributed by atoms with van der Waals surface area (Å²) in [6.07, 6.45) is 2.12. The van der Waals surface area contributed by atoms with Gasteiger partial charge < -0.3 is 25.2 Å². The van der Waals surface area contributed by atoms with Gasteiger partial charge in [0.05, 0.1) is 31.4 Å². The molecule has 2 aromatic carbocycles. The summed E-state index contributed by atoms with van der Waals surface area (Å²) in [7, 11) is 1.33. The molecule has 0 bridgehead atoms. The monoisotopic (exact) mass is 678 g/mol. The number of aliphatic hydroxyl groups is 1. The number of hydrogen-bond acceptors (Lipinski definition) is 10. The van der Waals surface area contributed by atoms with E-state index in [2.05, 4.69) is 15.2 Å². The number of anilines is 1. The number of aliphatic imine (C=N–C) groups is 1. The maximum Gasteiger partial charge on any atom is 0.338 e. The summed E-state index contributed by atoms with van der Waals surface area (Å²) in [5.74, 6) is -0.916. The van der Waals surface area contributed by atoms with Gasteiger partial charge in [0.25, 0.3) is 0 Å². The van der Waals surface area contributed by atoms with Crippen LogP contribution < -0.4 is 10.2 Å². The van der Waals surface area contributed by atoms with Crippen molar-refractivity contribution in [3.05, 3.63) is 92.0 Å². The molecule has 12 nitrogen and oxygen atoms in total. The smallest absolute Gasteiger partial charge is 0.338 e. The number of nitrogens with one attached hydrogen (secondary N) is 1. The van der Waals surface area contributed by atoms with Gasteiger partial charge in [-0.2, -0.15) is 0 Å². The number of aromatic nitrogens is 1. The summed E-state index contributed by atoms with van der Waals surface area (Å²) in [6, 6.07) is 11.3. The van der Waals surface area contributed by atoms with Crippen molar-refractivity contribution in [1.29, 1.82) is 0 Å². The van der Waals surface area contributed by atoms with E-state index >= 15 is 0 Å². The Bertz CT molecular complexity index is 1730. The highest BCUT2D eigenvalue weighted by Gasteiger charge is 2.47. The number of amides is 2. The van der Waals surface area contributed by atoms with Crippen molar-refractivity contribution >= 4 is 52.4 Å². The fraction of sp³-hybridized carbons (Fsp3) is 0.364. The zero-order valence-corrected chi connectivity index (χ0v) is 27.5. The zero-order valence-electron chi connectivity index (χ0n) is 25.9. The molecule has 3 aliphatic heterocycles. The van der Waals surface area contributed by atoms with Crippen LogP contribution in [0.2, 0.25) is 5.02 Å². The number of aryl methyl sites for hydroxylation is 2. The molecule has 4 heterocycles. The van der Waals surface area contributed by atoms with E-state index in [9.17, 15) is 19.5 Å². The Morgan fingerprint density at radius 1 is 1.17 bits per heavy atom. The van der Waals surface area contributed by atoms with E-state index < -0.39 is 24.0 Å². The number of benzene rings is 2. The average molecular weight is 679 g/mol. The van der Waals surface area contributed by atoms with E-state index in [0.29, 0.717) is 64.4 Å². The topological polar surface area (TPSA) is 148 Å². The quantitative estimate of drug-likeness (QED) is 0.274. The van der Waals surface area contributed by atoms with E-state index in [4.69, 9.17) is 26.4 Å². The van der Waals surface area contributed by atoms with Gasteiger partial charge >= 0.3 is 18.0 Å². The van der Waals surface area contributed by atoms with Crippen LogP contribution in [-0.2, 0) is 20.7 Å². The number of rotatable bonds is 10. The standard InChI is InChI=1S/C33H35ClN6O6S/c1-19-3-9-22(23(34)15-19)29-28(32(44)46-2)24(36-30(37-29)31-35-11-14-47-31)16-38-12-13-39-25(26(38)18-41)17-40(33(39)45)21-7-4-20(5-8-21)6-10-27(42)43/h3-5,7-9,11,14-15,25-26,29,41H,6,10,12-13,16-18H2,1-2H3,(H,36,37)(H,42,43)/t25-,26-,29-/m0/s1. The molecule has 0 radical (unpaired) electrons. The summed E-state index contributed by atoms with van der Waals surface area (Å²) in [5.41, 5.74) is 4.08. The molecule has 246 valence electrons. The third-order valence-corrected chi connectivity index (χ3v) is 9.94. The molecule has 0 aliphatic carbocycles. The van der Waals surface area contributed by atoms with Gasteiger partial charge in [-0.15, -0.1) is 11.3 Å². The molecule has 1 aromatic heterocycles. The molecular formula is C33H35ClN6O6S. The van der Waals surface area contributed by atoms with Crippen LogP contribution in [0.1, 0.15) is 34.2 Å². The Morgan fingerprint density at radius 3 is 2.62 bits per heavy atom. The molecule has 6 rings (SSSR count). The Morgan fingerprint density at radius 2 is 1.96 bits per heavy atom. The number of aliphatic carboxylic acids is 1. The molecular weight excluding hydrogens is 644 g/mol. The van der Waals surface area contributed by atoms with Crippen LogP contribution in [0.5, 0.6) is 0 Å². The van der Waals surface area contributed by atoms with E-state index in [1.165, 1.54) is 18.4 Å². The van der Waals surface area contributed by atoms with E-state index in [1.54, 1.807) is 16.0 Å². The fourth-order valence-corrected chi connectivity index (χ4v) is 7.37. The number of halogens is 1. The Hall–Kier alpha value is -4.30. The highest BCUT2D eigenvalue weighted by molar-refractivity contribution is 7.11. The van der Waals surface area contributed by atoms with Gasteiger partial charge in [-0.1, -0.05) is 35.9 Å². The van der Waals surface area contributed by atoms with Crippen LogP contribution in [0, 0.1) is 6.92 Å². The van der Waals surface area contributed by atoms with Crippen LogP contribution in [0.3, 0.4) is 0 Å². The summed E-state index contributed by atoms with van der Waals surface area (Å²) < 4.78 is 5.27. The lowest BCUT2D eigenvalue weighted by Gasteiger charge is -2.43. The zero-order chi connectivity index (χ0) is 33.2. The minimum Gasteiger partial charge on any atom is -0.481 e. The number of urea groups is 1. The molecule has 3 N–H and O–H groups in total. The van der Waals surface area contributed by atoms with Crippen LogP contribution in [0.15, 0.2) is 70.3 Å². The number of carboxylic acid groups (broad SMARTS) is 1. The number of esters is 1. The Labute approximate surface area is 280 Å². The van der Waals surface area contributed by atoms with Crippen LogP contribution in [0.4, 0.5) is 10.5 Å². The largest absolute Gasteiger partial charge is 0.481 e. The number of hydrogen-bond donors (Lipinski definition) is 3. The number of carbonyl (C=O) groups excluding carboxylic acids is 2. The predicted molar refractivity (Wildman–Crippen MR) is 178 cm³/mol. The number of ether oxygens (including phenoxy) is 1. The fourth-order valence-electron chi connectivity index (χ4n) is 6.44. The number of carbonyl (C=O) groups is 3. The van der Waals surface area contributed by atoms with Gasteiger partial charge in [-0.05, 0) is 42.7 Å². The average Bonchev–Trinajstić information content (AvgIpc) is 3.72. The number of carboxylic acids is 1. The molecule has 2 fully saturated rings. The Kier molecular flexibility index (Phi) is 9.60. The first-order valence-electron chi connectivity index (χ1n) is 15.2. The van der Waals surface area contributed by atoms with Gasteiger partial charge in [0, 0.05) is 66.1 Å². The van der Waals surface area contributed by atoms with Crippen molar-refractivity contribution in [3.8, 4) is 0 Å². The number of aliphatic hydroxyl groups excluding tert-OH is 1. The summed E-state index contributed by atoms with van der Waals surface area (Å²) >= 11 is 8.13. The molecule has 3 aliphatic rings. The molecule has 0 spiro atoms. The maximum atomic E-state index is 13.6. The predicted octanol–water partition coefficient (Wildman–Crippen LogP) is 3.63. The van der Waals surface area contributed by atoms with Crippen LogP contribution in [-0.4, -0.2) is 101 Å². The highest BCUT2D eigenvalue weighted by atomic mass is 35.5. The number of fused-ring (bicyclic) bond motifs is 1. The van der Waals surface area contributed by atoms with Crippen molar-refractivity contribution in [1.82, 2.24) is 20.1 Å². The van der Waals surface area contributed by atoms with E-state index in [0.717, 1.165) is 11.1 Å². The molecule has 14 heteroatoms. The second kappa shape index (κ2) is 13.8. The molecule has 3 atom stereocenters. The van der Waals surface area contributed by atoms with Gasteiger partial charge in [0.2, 0.25) is 0 Å². The van der Waals surface area contributed by atoms with E-state index in [-0.39, 0.29) is 31.6 Å². The molecule has 0 saturated carbocycles. The second-order valence-electron chi connectivity index (χ2n) is 11.7. The lowest BCUT2D eigenvalue weighted by molar-refractivity contribution is -0.137. The number of piperazine rings is 1. The lowest BCUT2D eigenvalue weighted by Crippen LogP contribution is -2.61. The van der Waals surface area contributed by atoms with Gasteiger partial charge in [0.1, 0.15) is 6.04 Å². The van der Waals surface area contributed by atoms with Crippen LogP contribution in [0.25, 0.3) is 0 Å². The van der Waals surface area contributed by atoms with Gasteiger partial charge in [-0.25, -0.2) is 14.6 Å². The number of nitrogens with zero attached hydrogens (tertiary/aromatic N) is 5. The first kappa shape index (κ1) is 32.6. The van der Waals surface area contributed by atoms with Gasteiger partial charge in [0.15, 0.2) is 10.8 Å². The van der Waals surface area contributed by atoms with Gasteiger partial charge in [-0.3, -0.25) is 19.6 Å². The SMILES string of the molecule is COC(=O)C1=C(CN2CCN3C(=O)N(c4ccc(CCC(=O)O)cc4)C[C@H]3[C@@H]2CO)NC(c2nccs2)=N[C@H]1c1ccc(C)cc1Cl. The summed E-state index contributed by atoms with van der Waals surface area (Å²) in [4.78, 5) is 52.9. The highest BCUT2D eigenvalue weighted by Crippen LogP contribution is 2.38. The van der Waals surface area contributed by atoms with Crippen molar-refractivity contribution in [2.45, 2.75) is 37.9 Å². The molecule has 3 aromatic rings. The minimum absolute atomic E-state index is 0.0326. The summed E-state index contributed by atoms with van der Waals surface area (Å²) in [6.45, 7) is 3.21. The third kappa shape index (κ3) is 6.61. The van der Waals surface area contributed by atoms with Crippen molar-refractivity contribution in [2.24, 2.45) is 4.99 Å². The molecule has 2 saturated heterocycles. The lowest BCUT2D eigenvalue weighted by atomic mass is 9.94. The maximum absolute atomic E-state index is 13.6. The van der Waals surface area contributed by atoms with Crippen molar-refractivity contribution in [2.75, 3.05) is 44.8 Å². The molecule has 47 heavy (non-hydrogen) atoms. The summed E-state index contributed by atoms with van der Waals surface area (Å²) in [5, 5.41) is 26.0. The van der Waals surface area contributed by atoms with Crippen molar-refractivity contribution < 1.29 is 29.3 Å². The third-order valence-electron chi connectivity index (χ3n) is 8.83. The molecule has 2 amide bonds. The van der Waals surface area contributed by atoms with E-state index in [1.807, 2.05) is 54.8 Å². The Balaban J connectivity index is 1.29.